The lowest BCUT2D eigenvalue weighted by Crippen LogP contribution is -2.48. The quantitative estimate of drug-likeness (QED) is 0.711. The van der Waals surface area contributed by atoms with Gasteiger partial charge in [-0.25, -0.2) is 9.67 Å². The number of carbonyl (C=O) groups is 1. The molecule has 1 aliphatic heterocycles. The maximum absolute atomic E-state index is 12.3. The largest absolute Gasteiger partial charge is 0.369 e. The number of hydrogen-bond acceptors (Lipinski definition) is 5. The normalized spacial score (nSPS) is 14.8. The Morgan fingerprint density at radius 2 is 1.82 bits per heavy atom. The highest BCUT2D eigenvalue weighted by molar-refractivity contribution is 5.93. The van der Waals surface area contributed by atoms with Crippen molar-refractivity contribution in [2.24, 2.45) is 0 Å². The first kappa shape index (κ1) is 18.2. The first-order valence-corrected chi connectivity index (χ1v) is 9.56. The van der Waals surface area contributed by atoms with Gasteiger partial charge in [0.2, 0.25) is 0 Å². The molecular weight excluding hydrogens is 352 g/mol. The summed E-state index contributed by atoms with van der Waals surface area (Å²) in [6.45, 7) is 5.52. The molecule has 144 valence electrons. The fourth-order valence-corrected chi connectivity index (χ4v) is 3.36. The highest BCUT2D eigenvalue weighted by atomic mass is 16.1. The van der Waals surface area contributed by atoms with Crippen LogP contribution in [0.5, 0.6) is 0 Å². The minimum absolute atomic E-state index is 0.0950. The van der Waals surface area contributed by atoms with Gasteiger partial charge in [-0.1, -0.05) is 18.2 Å². The molecule has 0 atom stereocenters. The molecular formula is C21H24N6O. The zero-order chi connectivity index (χ0) is 19.2. The van der Waals surface area contributed by atoms with Crippen molar-refractivity contribution in [1.29, 1.82) is 0 Å². The average molecular weight is 376 g/mol. The summed E-state index contributed by atoms with van der Waals surface area (Å²) in [6, 6.07) is 15.9. The fraction of sp³-hybridized carbons (Fsp3) is 0.286. The fourth-order valence-electron chi connectivity index (χ4n) is 3.36. The predicted octanol–water partition coefficient (Wildman–Crippen LogP) is 1.82. The molecule has 3 heterocycles. The lowest BCUT2D eigenvalue weighted by atomic mass is 10.2. The summed E-state index contributed by atoms with van der Waals surface area (Å²) in [4.78, 5) is 21.4. The van der Waals surface area contributed by atoms with Gasteiger partial charge in [-0.2, -0.15) is 5.10 Å². The lowest BCUT2D eigenvalue weighted by molar-refractivity contribution is 0.0947. The number of pyridine rings is 1. The van der Waals surface area contributed by atoms with Crippen LogP contribution in [-0.4, -0.2) is 64.8 Å². The van der Waals surface area contributed by atoms with Gasteiger partial charge in [0.15, 0.2) is 5.82 Å². The van der Waals surface area contributed by atoms with Gasteiger partial charge in [0.25, 0.3) is 5.91 Å². The van der Waals surface area contributed by atoms with Crippen LogP contribution in [0.3, 0.4) is 0 Å². The number of rotatable bonds is 6. The van der Waals surface area contributed by atoms with Crippen LogP contribution in [0.1, 0.15) is 10.4 Å². The van der Waals surface area contributed by atoms with Gasteiger partial charge in [0, 0.05) is 63.5 Å². The molecule has 1 N–H and O–H groups in total. The van der Waals surface area contributed by atoms with Crippen molar-refractivity contribution >= 4 is 11.6 Å². The maximum atomic E-state index is 12.3. The second-order valence-corrected chi connectivity index (χ2v) is 6.78. The van der Waals surface area contributed by atoms with E-state index in [1.54, 1.807) is 29.2 Å². The maximum Gasteiger partial charge on any atom is 0.252 e. The van der Waals surface area contributed by atoms with Crippen molar-refractivity contribution < 1.29 is 4.79 Å². The number of carbonyl (C=O) groups excluding carboxylic acids is 1. The number of benzene rings is 1. The Morgan fingerprint density at radius 1 is 1.00 bits per heavy atom. The van der Waals surface area contributed by atoms with E-state index in [2.05, 4.69) is 49.5 Å². The predicted molar refractivity (Wildman–Crippen MR) is 109 cm³/mol. The molecule has 1 saturated heterocycles. The third kappa shape index (κ3) is 4.37. The molecule has 2 aromatic heterocycles. The van der Waals surface area contributed by atoms with E-state index < -0.39 is 0 Å². The first-order chi connectivity index (χ1) is 13.8. The Labute approximate surface area is 164 Å². The van der Waals surface area contributed by atoms with Gasteiger partial charge < -0.3 is 10.2 Å². The van der Waals surface area contributed by atoms with E-state index in [1.165, 1.54) is 5.69 Å². The van der Waals surface area contributed by atoms with Gasteiger partial charge in [-0.3, -0.25) is 9.69 Å². The third-order valence-electron chi connectivity index (χ3n) is 4.96. The molecule has 0 spiro atoms. The van der Waals surface area contributed by atoms with Gasteiger partial charge in [0.05, 0.1) is 5.56 Å². The highest BCUT2D eigenvalue weighted by Crippen LogP contribution is 2.15. The van der Waals surface area contributed by atoms with Crippen LogP contribution in [0.4, 0.5) is 5.69 Å². The molecule has 1 aromatic carbocycles. The van der Waals surface area contributed by atoms with Crippen molar-refractivity contribution in [3.05, 3.63) is 72.7 Å². The first-order valence-electron chi connectivity index (χ1n) is 9.56. The van der Waals surface area contributed by atoms with Crippen LogP contribution >= 0.6 is 0 Å². The molecule has 4 rings (SSSR count). The van der Waals surface area contributed by atoms with Crippen molar-refractivity contribution in [2.75, 3.05) is 44.2 Å². The lowest BCUT2D eigenvalue weighted by Gasteiger charge is -2.36. The van der Waals surface area contributed by atoms with Crippen molar-refractivity contribution in [2.45, 2.75) is 0 Å². The van der Waals surface area contributed by atoms with Crippen LogP contribution in [0.15, 0.2) is 67.1 Å². The molecule has 3 aromatic rings. The summed E-state index contributed by atoms with van der Waals surface area (Å²) < 4.78 is 1.66. The summed E-state index contributed by atoms with van der Waals surface area (Å²) in [7, 11) is 0. The van der Waals surface area contributed by atoms with Crippen LogP contribution < -0.4 is 10.2 Å². The van der Waals surface area contributed by atoms with E-state index in [4.69, 9.17) is 0 Å². The van der Waals surface area contributed by atoms with Crippen molar-refractivity contribution in [1.82, 2.24) is 25.0 Å². The third-order valence-corrected chi connectivity index (χ3v) is 4.96. The number of nitrogens with zero attached hydrogens (tertiary/aromatic N) is 5. The van der Waals surface area contributed by atoms with Crippen molar-refractivity contribution in [3.63, 3.8) is 0 Å². The van der Waals surface area contributed by atoms with E-state index in [0.717, 1.165) is 32.7 Å². The Morgan fingerprint density at radius 3 is 2.50 bits per heavy atom. The molecule has 7 nitrogen and oxygen atoms in total. The molecule has 28 heavy (non-hydrogen) atoms. The van der Waals surface area contributed by atoms with Gasteiger partial charge >= 0.3 is 0 Å². The van der Waals surface area contributed by atoms with E-state index in [0.29, 0.717) is 17.9 Å². The van der Waals surface area contributed by atoms with Crippen molar-refractivity contribution in [3.8, 4) is 5.82 Å². The molecule has 0 saturated carbocycles. The van der Waals surface area contributed by atoms with E-state index in [-0.39, 0.29) is 5.91 Å². The molecule has 1 aliphatic rings. The van der Waals surface area contributed by atoms with Gasteiger partial charge in [-0.15, -0.1) is 0 Å². The van der Waals surface area contributed by atoms with Crippen LogP contribution in [-0.2, 0) is 0 Å². The molecule has 1 fully saturated rings. The number of amides is 1. The Balaban J connectivity index is 1.21. The SMILES string of the molecule is O=C(NCCN1CCN(c2ccccc2)CC1)c1ccc(-n2cccn2)nc1. The molecule has 0 aliphatic carbocycles. The summed E-state index contributed by atoms with van der Waals surface area (Å²) in [5.41, 5.74) is 1.84. The number of anilines is 1. The number of para-hydroxylation sites is 1. The zero-order valence-corrected chi connectivity index (χ0v) is 15.7. The molecule has 0 bridgehead atoms. The molecule has 7 heteroatoms. The average Bonchev–Trinajstić information content (AvgIpc) is 3.30. The Bertz CT molecular complexity index is 871. The van der Waals surface area contributed by atoms with Crippen LogP contribution in [0, 0.1) is 0 Å². The van der Waals surface area contributed by atoms with Crippen LogP contribution in [0.25, 0.3) is 5.82 Å². The number of piperazine rings is 1. The smallest absolute Gasteiger partial charge is 0.252 e. The molecule has 0 radical (unpaired) electrons. The second-order valence-electron chi connectivity index (χ2n) is 6.78. The number of aromatic nitrogens is 3. The van der Waals surface area contributed by atoms with Gasteiger partial charge in [0.1, 0.15) is 0 Å². The number of nitrogens with one attached hydrogen (secondary N) is 1. The number of hydrogen-bond donors (Lipinski definition) is 1. The second kappa shape index (κ2) is 8.67. The summed E-state index contributed by atoms with van der Waals surface area (Å²) in [5.74, 6) is 0.597. The van der Waals surface area contributed by atoms with E-state index in [9.17, 15) is 4.79 Å². The van der Waals surface area contributed by atoms with Crippen LogP contribution in [0.2, 0.25) is 0 Å². The summed E-state index contributed by atoms with van der Waals surface area (Å²) in [6.07, 6.45) is 5.10. The minimum Gasteiger partial charge on any atom is -0.369 e. The van der Waals surface area contributed by atoms with E-state index in [1.807, 2.05) is 18.3 Å². The summed E-state index contributed by atoms with van der Waals surface area (Å²) >= 11 is 0. The Hall–Kier alpha value is -3.19. The molecule has 0 unspecified atom stereocenters. The van der Waals surface area contributed by atoms with Gasteiger partial charge in [-0.05, 0) is 30.3 Å². The zero-order valence-electron chi connectivity index (χ0n) is 15.7. The topological polar surface area (TPSA) is 66.3 Å². The molecule has 1 amide bonds. The minimum atomic E-state index is -0.0950. The summed E-state index contributed by atoms with van der Waals surface area (Å²) in [5, 5.41) is 7.12. The Kier molecular flexibility index (Phi) is 5.63. The monoisotopic (exact) mass is 376 g/mol. The standard InChI is InChI=1S/C21H24N6O/c28-21(18-7-8-20(23-17-18)27-11-4-9-24-27)22-10-12-25-13-15-26(16-14-25)19-5-2-1-3-6-19/h1-9,11,17H,10,12-16H2,(H,22,28). The highest BCUT2D eigenvalue weighted by Gasteiger charge is 2.17. The van der Waals surface area contributed by atoms with E-state index >= 15 is 0 Å².